The van der Waals surface area contributed by atoms with Crippen molar-refractivity contribution in [3.05, 3.63) is 84.4 Å². The van der Waals surface area contributed by atoms with Gasteiger partial charge in [0.2, 0.25) is 11.3 Å². The van der Waals surface area contributed by atoms with Crippen LogP contribution in [0.25, 0.3) is 11.1 Å². The van der Waals surface area contributed by atoms with Crippen molar-refractivity contribution in [2.75, 3.05) is 7.05 Å². The average Bonchev–Trinajstić information content (AvgIpc) is 2.83. The van der Waals surface area contributed by atoms with E-state index in [1.54, 1.807) is 24.3 Å². The highest BCUT2D eigenvalue weighted by Gasteiger charge is 2.58. The number of nitrogens with zero attached hydrogens (tertiary/aromatic N) is 3. The summed E-state index contributed by atoms with van der Waals surface area (Å²) in [7, 11) is 1.72. The average molecular weight is 430 g/mol. The fraction of sp³-hybridized carbons (Fsp3) is 0.308. The second-order valence-corrected chi connectivity index (χ2v) is 8.81. The van der Waals surface area contributed by atoms with Crippen LogP contribution in [0.5, 0.6) is 0 Å². The molecule has 0 N–H and O–H groups in total. The van der Waals surface area contributed by atoms with Crippen molar-refractivity contribution in [3.63, 3.8) is 0 Å². The highest BCUT2D eigenvalue weighted by atomic mass is 16.5. The highest BCUT2D eigenvalue weighted by Crippen LogP contribution is 2.41. The maximum absolute atomic E-state index is 13.6. The molecule has 1 saturated heterocycles. The van der Waals surface area contributed by atoms with Gasteiger partial charge in [0.25, 0.3) is 0 Å². The lowest BCUT2D eigenvalue weighted by Crippen LogP contribution is -2.62. The Labute approximate surface area is 188 Å². The van der Waals surface area contributed by atoms with Crippen molar-refractivity contribution >= 4 is 11.9 Å². The first kappa shape index (κ1) is 21.7. The van der Waals surface area contributed by atoms with Crippen LogP contribution in [0.3, 0.4) is 0 Å². The minimum Gasteiger partial charge on any atom is -0.460 e. The van der Waals surface area contributed by atoms with Crippen molar-refractivity contribution in [2.45, 2.75) is 44.2 Å². The molecule has 0 bridgehead atoms. The number of aromatic nitrogens is 2. The zero-order valence-corrected chi connectivity index (χ0v) is 18.6. The van der Waals surface area contributed by atoms with Crippen LogP contribution < -0.4 is 0 Å². The van der Waals surface area contributed by atoms with E-state index in [0.717, 1.165) is 16.7 Å². The first-order chi connectivity index (χ1) is 15.3. The van der Waals surface area contributed by atoms with E-state index in [1.165, 1.54) is 0 Å². The normalized spacial score (nSPS) is 20.1. The Bertz CT molecular complexity index is 1100. The van der Waals surface area contributed by atoms with E-state index in [0.29, 0.717) is 12.8 Å². The molecular formula is C26H27N3O3. The molecule has 6 nitrogen and oxygen atoms in total. The number of amides is 1. The summed E-state index contributed by atoms with van der Waals surface area (Å²) in [5.41, 5.74) is 0.707. The van der Waals surface area contributed by atoms with Gasteiger partial charge in [-0.05, 0) is 37.8 Å². The van der Waals surface area contributed by atoms with Crippen LogP contribution in [-0.2, 0) is 26.3 Å². The van der Waals surface area contributed by atoms with Crippen molar-refractivity contribution < 1.29 is 14.3 Å². The summed E-state index contributed by atoms with van der Waals surface area (Å²) in [6, 6.07) is 19.2. The van der Waals surface area contributed by atoms with Crippen LogP contribution in [0, 0.1) is 0 Å². The molecule has 2 aromatic carbocycles. The summed E-state index contributed by atoms with van der Waals surface area (Å²) in [5, 5.41) is 0. The smallest absolute Gasteiger partial charge is 0.329 e. The standard InChI is InChI=1S/C26H27N3O3/c1-25(2)14-15-26(23(30)29(25)3,24(31)32-18-19-10-6-4-7-11-19)22-27-16-21(17-28-22)20-12-8-5-9-13-20/h4-13,16-17H,14-15,18H2,1-3H3. The molecule has 0 aliphatic carbocycles. The number of hydrogen-bond acceptors (Lipinski definition) is 5. The lowest BCUT2D eigenvalue weighted by molar-refractivity contribution is -0.166. The first-order valence-electron chi connectivity index (χ1n) is 10.7. The van der Waals surface area contributed by atoms with Gasteiger partial charge < -0.3 is 9.64 Å². The molecule has 6 heteroatoms. The predicted molar refractivity (Wildman–Crippen MR) is 121 cm³/mol. The Morgan fingerprint density at radius 3 is 2.16 bits per heavy atom. The number of rotatable bonds is 5. The molecule has 4 rings (SSSR count). The summed E-state index contributed by atoms with van der Waals surface area (Å²) < 4.78 is 5.66. The minimum atomic E-state index is -1.56. The van der Waals surface area contributed by atoms with Gasteiger partial charge in [-0.25, -0.2) is 9.97 Å². The molecule has 3 aromatic rings. The molecule has 0 saturated carbocycles. The number of esters is 1. The van der Waals surface area contributed by atoms with Gasteiger partial charge in [-0.15, -0.1) is 0 Å². The molecule has 1 atom stereocenters. The van der Waals surface area contributed by atoms with E-state index in [9.17, 15) is 9.59 Å². The Balaban J connectivity index is 1.69. The Morgan fingerprint density at radius 2 is 1.53 bits per heavy atom. The predicted octanol–water partition coefficient (Wildman–Crippen LogP) is 4.16. The van der Waals surface area contributed by atoms with E-state index in [2.05, 4.69) is 9.97 Å². The first-order valence-corrected chi connectivity index (χ1v) is 10.7. The highest BCUT2D eigenvalue weighted by molar-refractivity contribution is 6.08. The largest absolute Gasteiger partial charge is 0.460 e. The van der Waals surface area contributed by atoms with Crippen LogP contribution in [0.4, 0.5) is 0 Å². The molecule has 0 spiro atoms. The van der Waals surface area contributed by atoms with Gasteiger partial charge in [0.05, 0.1) is 0 Å². The van der Waals surface area contributed by atoms with Gasteiger partial charge in [-0.3, -0.25) is 9.59 Å². The summed E-state index contributed by atoms with van der Waals surface area (Å²) in [6.07, 6.45) is 4.24. The summed E-state index contributed by atoms with van der Waals surface area (Å²) >= 11 is 0. The van der Waals surface area contributed by atoms with Crippen LogP contribution in [-0.4, -0.2) is 39.3 Å². The van der Waals surface area contributed by atoms with Crippen molar-refractivity contribution in [3.8, 4) is 11.1 Å². The number of ether oxygens (including phenoxy) is 1. The Kier molecular flexibility index (Phi) is 5.78. The van der Waals surface area contributed by atoms with Crippen LogP contribution >= 0.6 is 0 Å². The molecule has 1 fully saturated rings. The fourth-order valence-electron chi connectivity index (χ4n) is 3.99. The lowest BCUT2D eigenvalue weighted by atomic mass is 9.72. The van der Waals surface area contributed by atoms with Crippen LogP contribution in [0.1, 0.15) is 38.1 Å². The zero-order valence-electron chi connectivity index (χ0n) is 18.6. The molecule has 1 aliphatic heterocycles. The molecule has 164 valence electrons. The Hall–Kier alpha value is -3.54. The molecule has 1 amide bonds. The van der Waals surface area contributed by atoms with Crippen molar-refractivity contribution in [1.82, 2.24) is 14.9 Å². The molecular weight excluding hydrogens is 402 g/mol. The number of likely N-dealkylation sites (tertiary alicyclic amines) is 1. The molecule has 0 radical (unpaired) electrons. The second-order valence-electron chi connectivity index (χ2n) is 8.81. The number of piperidine rings is 1. The molecule has 1 aromatic heterocycles. The van der Waals surface area contributed by atoms with E-state index in [4.69, 9.17) is 4.74 Å². The van der Waals surface area contributed by atoms with E-state index >= 15 is 0 Å². The fourth-order valence-corrected chi connectivity index (χ4v) is 3.99. The van der Waals surface area contributed by atoms with E-state index < -0.39 is 11.4 Å². The van der Waals surface area contributed by atoms with Gasteiger partial charge in [-0.2, -0.15) is 0 Å². The maximum Gasteiger partial charge on any atom is 0.329 e. The summed E-state index contributed by atoms with van der Waals surface area (Å²) in [4.78, 5) is 37.7. The third-order valence-corrected chi connectivity index (χ3v) is 6.39. The molecule has 2 heterocycles. The summed E-state index contributed by atoms with van der Waals surface area (Å²) in [6.45, 7) is 4.07. The number of benzene rings is 2. The summed E-state index contributed by atoms with van der Waals surface area (Å²) in [5.74, 6) is -0.761. The number of likely N-dealkylation sites (N-methyl/N-ethyl adjacent to an activating group) is 1. The lowest BCUT2D eigenvalue weighted by Gasteiger charge is -2.46. The van der Waals surface area contributed by atoms with Gasteiger partial charge in [0.1, 0.15) is 6.61 Å². The topological polar surface area (TPSA) is 72.4 Å². The van der Waals surface area contributed by atoms with Gasteiger partial charge in [-0.1, -0.05) is 60.7 Å². The van der Waals surface area contributed by atoms with E-state index in [1.807, 2.05) is 74.5 Å². The molecule has 1 unspecified atom stereocenters. The molecule has 32 heavy (non-hydrogen) atoms. The third-order valence-electron chi connectivity index (χ3n) is 6.39. The third kappa shape index (κ3) is 3.88. The van der Waals surface area contributed by atoms with Crippen molar-refractivity contribution in [2.24, 2.45) is 0 Å². The van der Waals surface area contributed by atoms with Crippen LogP contribution in [0.2, 0.25) is 0 Å². The van der Waals surface area contributed by atoms with Gasteiger partial charge >= 0.3 is 5.97 Å². The van der Waals surface area contributed by atoms with Gasteiger partial charge in [0, 0.05) is 30.5 Å². The number of hydrogen-bond donors (Lipinski definition) is 0. The van der Waals surface area contributed by atoms with Gasteiger partial charge in [0.15, 0.2) is 5.82 Å². The van der Waals surface area contributed by atoms with E-state index in [-0.39, 0.29) is 23.9 Å². The SMILES string of the molecule is CN1C(=O)C(C(=O)OCc2ccccc2)(c2ncc(-c3ccccc3)cn2)CCC1(C)C. The second kappa shape index (κ2) is 8.54. The van der Waals surface area contributed by atoms with Crippen LogP contribution in [0.15, 0.2) is 73.1 Å². The number of carbonyl (C=O) groups excluding carboxylic acids is 2. The quantitative estimate of drug-likeness (QED) is 0.450. The maximum atomic E-state index is 13.6. The number of carbonyl (C=O) groups is 2. The minimum absolute atomic E-state index is 0.0872. The monoisotopic (exact) mass is 429 g/mol. The zero-order chi connectivity index (χ0) is 22.8. The van der Waals surface area contributed by atoms with Crippen molar-refractivity contribution in [1.29, 1.82) is 0 Å². The Morgan fingerprint density at radius 1 is 0.938 bits per heavy atom. The molecule has 1 aliphatic rings.